The Balaban J connectivity index is 0.00000400. The molecule has 1 saturated heterocycles. The summed E-state index contributed by atoms with van der Waals surface area (Å²) >= 11 is 0. The lowest BCUT2D eigenvalue weighted by Gasteiger charge is -2.36. The van der Waals surface area contributed by atoms with Crippen LogP contribution in [0.25, 0.3) is 0 Å². The Morgan fingerprint density at radius 1 is 0.895 bits per heavy atom. The van der Waals surface area contributed by atoms with Crippen LogP contribution in [0.4, 0.5) is 5.69 Å². The minimum absolute atomic E-state index is 0. The molecule has 2 heterocycles. The number of carbonyl (C=O) groups is 2. The number of ether oxygens (including phenoxy) is 4. The quantitative estimate of drug-likeness (QED) is 0.511. The van der Waals surface area contributed by atoms with Crippen molar-refractivity contribution in [3.8, 4) is 23.0 Å². The molecule has 0 aliphatic carbocycles. The lowest BCUT2D eigenvalue weighted by atomic mass is 9.93. The summed E-state index contributed by atoms with van der Waals surface area (Å²) in [5.41, 5.74) is 2.97. The number of hydrogen-bond donors (Lipinski definition) is 1. The maximum atomic E-state index is 13.4. The number of nitrogens with zero attached hydrogens (tertiary/aromatic N) is 2. The highest BCUT2D eigenvalue weighted by molar-refractivity contribution is 5.91. The van der Waals surface area contributed by atoms with Crippen molar-refractivity contribution in [3.05, 3.63) is 41.5 Å². The van der Waals surface area contributed by atoms with Gasteiger partial charge in [0.15, 0.2) is 23.0 Å². The molecule has 4 rings (SSSR count). The minimum Gasteiger partial charge on any atom is -0.493 e. The zero-order valence-corrected chi connectivity index (χ0v) is 23.4. The highest BCUT2D eigenvalue weighted by Gasteiger charge is 2.31. The van der Waals surface area contributed by atoms with Gasteiger partial charge in [0.05, 0.1) is 34.4 Å². The van der Waals surface area contributed by atoms with E-state index in [0.29, 0.717) is 55.5 Å². The van der Waals surface area contributed by atoms with Gasteiger partial charge in [-0.05, 0) is 61.2 Å². The van der Waals surface area contributed by atoms with E-state index in [1.165, 1.54) is 5.56 Å². The van der Waals surface area contributed by atoms with Gasteiger partial charge in [0.1, 0.15) is 0 Å². The van der Waals surface area contributed by atoms with E-state index >= 15 is 0 Å². The van der Waals surface area contributed by atoms with E-state index in [4.69, 9.17) is 18.9 Å². The van der Waals surface area contributed by atoms with Crippen molar-refractivity contribution in [2.45, 2.75) is 32.2 Å². The van der Waals surface area contributed by atoms with E-state index < -0.39 is 0 Å². The summed E-state index contributed by atoms with van der Waals surface area (Å²) in [6, 6.07) is 9.30. The Hall–Kier alpha value is -3.17. The lowest BCUT2D eigenvalue weighted by Crippen LogP contribution is -2.46. The van der Waals surface area contributed by atoms with Crippen molar-refractivity contribution in [3.63, 3.8) is 0 Å². The Kier molecular flexibility index (Phi) is 10.5. The monoisotopic (exact) mass is 547 g/mol. The van der Waals surface area contributed by atoms with Gasteiger partial charge in [0, 0.05) is 44.4 Å². The summed E-state index contributed by atoms with van der Waals surface area (Å²) in [6.07, 6.45) is 2.98. The Morgan fingerprint density at radius 3 is 2.24 bits per heavy atom. The van der Waals surface area contributed by atoms with Crippen LogP contribution >= 0.6 is 12.4 Å². The van der Waals surface area contributed by atoms with Crippen LogP contribution in [0.15, 0.2) is 30.3 Å². The van der Waals surface area contributed by atoms with Gasteiger partial charge < -0.3 is 34.1 Å². The first-order chi connectivity index (χ1) is 17.9. The zero-order valence-electron chi connectivity index (χ0n) is 22.6. The van der Waals surface area contributed by atoms with Gasteiger partial charge >= 0.3 is 0 Å². The highest BCUT2D eigenvalue weighted by Crippen LogP contribution is 2.34. The standard InChI is InChI=1S/C28H37N3O6.ClH/c1-34-23-8-7-22(16-26(23)37-4)29-27(32)10-12-30-11-5-6-20(17-30)28(33)31-13-9-19-14-24(35-2)25(36-3)15-21(19)18-31;/h7-8,14-16,20H,5-6,9-13,17-18H2,1-4H3,(H,29,32);1H. The number of piperidine rings is 1. The SMILES string of the molecule is COc1ccc(NC(=O)CCN2CCCC(C(=O)N3CCc4cc(OC)c(OC)cc4C3)C2)cc1OC.Cl. The first kappa shape index (κ1) is 29.4. The first-order valence-corrected chi connectivity index (χ1v) is 12.7. The van der Waals surface area contributed by atoms with E-state index in [0.717, 1.165) is 37.1 Å². The summed E-state index contributed by atoms with van der Waals surface area (Å²) in [4.78, 5) is 30.2. The van der Waals surface area contributed by atoms with E-state index in [1.54, 1.807) is 46.6 Å². The second kappa shape index (κ2) is 13.6. The third-order valence-electron chi connectivity index (χ3n) is 7.21. The third kappa shape index (κ3) is 6.82. The van der Waals surface area contributed by atoms with Crippen LogP contribution in [0.2, 0.25) is 0 Å². The number of halogens is 1. The van der Waals surface area contributed by atoms with Crippen LogP contribution in [-0.4, -0.2) is 76.2 Å². The van der Waals surface area contributed by atoms with Crippen LogP contribution in [0, 0.1) is 5.92 Å². The fraction of sp³-hybridized carbons (Fsp3) is 0.500. The molecule has 1 fully saturated rings. The molecule has 0 saturated carbocycles. The number of methoxy groups -OCH3 is 4. The van der Waals surface area contributed by atoms with Crippen LogP contribution < -0.4 is 24.3 Å². The van der Waals surface area contributed by atoms with Gasteiger partial charge in [0.2, 0.25) is 11.8 Å². The molecule has 38 heavy (non-hydrogen) atoms. The number of likely N-dealkylation sites (tertiary alicyclic amines) is 1. The molecule has 0 spiro atoms. The van der Waals surface area contributed by atoms with Crippen LogP contribution in [0.3, 0.4) is 0 Å². The molecular weight excluding hydrogens is 510 g/mol. The summed E-state index contributed by atoms with van der Waals surface area (Å²) in [6.45, 7) is 3.47. The fourth-order valence-corrected chi connectivity index (χ4v) is 5.19. The zero-order chi connectivity index (χ0) is 26.4. The highest BCUT2D eigenvalue weighted by atomic mass is 35.5. The van der Waals surface area contributed by atoms with Gasteiger partial charge in [-0.15, -0.1) is 12.4 Å². The molecule has 208 valence electrons. The maximum absolute atomic E-state index is 13.4. The molecule has 0 radical (unpaired) electrons. The maximum Gasteiger partial charge on any atom is 0.227 e. The van der Waals surface area contributed by atoms with Crippen molar-refractivity contribution in [2.75, 3.05) is 59.9 Å². The molecule has 9 nitrogen and oxygen atoms in total. The molecule has 1 N–H and O–H groups in total. The van der Waals surface area contributed by atoms with Crippen LogP contribution in [-0.2, 0) is 22.6 Å². The number of anilines is 1. The number of benzene rings is 2. The molecule has 2 amide bonds. The van der Waals surface area contributed by atoms with Crippen LogP contribution in [0.1, 0.15) is 30.4 Å². The second-order valence-electron chi connectivity index (χ2n) is 9.49. The molecule has 2 aromatic rings. The number of amides is 2. The van der Waals surface area contributed by atoms with Crippen molar-refractivity contribution >= 4 is 29.9 Å². The summed E-state index contributed by atoms with van der Waals surface area (Å²) in [7, 11) is 6.40. The molecule has 1 atom stereocenters. The molecule has 2 aromatic carbocycles. The van der Waals surface area contributed by atoms with E-state index in [1.807, 2.05) is 17.0 Å². The number of nitrogens with one attached hydrogen (secondary N) is 1. The average Bonchev–Trinajstić information content (AvgIpc) is 2.94. The topological polar surface area (TPSA) is 89.6 Å². The van der Waals surface area contributed by atoms with Crippen molar-refractivity contribution < 1.29 is 28.5 Å². The molecular formula is C28H38ClN3O6. The first-order valence-electron chi connectivity index (χ1n) is 12.7. The van der Waals surface area contributed by atoms with E-state index in [9.17, 15) is 9.59 Å². The van der Waals surface area contributed by atoms with Gasteiger partial charge in [-0.2, -0.15) is 0 Å². The van der Waals surface area contributed by atoms with Crippen LogP contribution in [0.5, 0.6) is 23.0 Å². The van der Waals surface area contributed by atoms with E-state index in [2.05, 4.69) is 10.2 Å². The smallest absolute Gasteiger partial charge is 0.227 e. The number of carbonyl (C=O) groups excluding carboxylic acids is 2. The summed E-state index contributed by atoms with van der Waals surface area (Å²) in [5.74, 6) is 2.66. The Morgan fingerprint density at radius 2 is 1.55 bits per heavy atom. The normalized spacial score (nSPS) is 17.1. The third-order valence-corrected chi connectivity index (χ3v) is 7.21. The molecule has 10 heteroatoms. The molecule has 1 unspecified atom stereocenters. The Labute approximate surface area is 230 Å². The van der Waals surface area contributed by atoms with Gasteiger partial charge in [-0.25, -0.2) is 0 Å². The lowest BCUT2D eigenvalue weighted by molar-refractivity contribution is -0.138. The van der Waals surface area contributed by atoms with Crippen molar-refractivity contribution in [1.29, 1.82) is 0 Å². The number of rotatable bonds is 9. The largest absolute Gasteiger partial charge is 0.493 e. The summed E-state index contributed by atoms with van der Waals surface area (Å²) in [5, 5.41) is 2.92. The van der Waals surface area contributed by atoms with Crippen molar-refractivity contribution in [2.24, 2.45) is 5.92 Å². The van der Waals surface area contributed by atoms with Gasteiger partial charge in [-0.1, -0.05) is 0 Å². The molecule has 0 aromatic heterocycles. The van der Waals surface area contributed by atoms with Crippen molar-refractivity contribution in [1.82, 2.24) is 9.80 Å². The molecule has 2 aliphatic rings. The second-order valence-corrected chi connectivity index (χ2v) is 9.49. The van der Waals surface area contributed by atoms with Gasteiger partial charge in [0.25, 0.3) is 0 Å². The number of hydrogen-bond acceptors (Lipinski definition) is 7. The molecule has 0 bridgehead atoms. The number of fused-ring (bicyclic) bond motifs is 1. The molecule has 2 aliphatic heterocycles. The Bertz CT molecular complexity index is 1130. The fourth-order valence-electron chi connectivity index (χ4n) is 5.19. The minimum atomic E-state index is -0.0716. The average molecular weight is 548 g/mol. The predicted octanol–water partition coefficient (Wildman–Crippen LogP) is 3.77. The van der Waals surface area contributed by atoms with Gasteiger partial charge in [-0.3, -0.25) is 9.59 Å². The summed E-state index contributed by atoms with van der Waals surface area (Å²) < 4.78 is 21.4. The predicted molar refractivity (Wildman–Crippen MR) is 148 cm³/mol. The van der Waals surface area contributed by atoms with E-state index in [-0.39, 0.29) is 30.1 Å².